The van der Waals surface area contributed by atoms with Crippen LogP contribution in [-0.2, 0) is 14.3 Å². The van der Waals surface area contributed by atoms with Gasteiger partial charge in [-0.1, -0.05) is 25.2 Å². The normalized spacial score (nSPS) is 19.8. The molecule has 0 amide bonds. The van der Waals surface area contributed by atoms with Gasteiger partial charge in [0.15, 0.2) is 5.78 Å². The molecule has 0 heterocycles. The van der Waals surface area contributed by atoms with Gasteiger partial charge in [0.2, 0.25) is 0 Å². The summed E-state index contributed by atoms with van der Waals surface area (Å²) in [6.45, 7) is 2.06. The molecular formula is C14H20O3. The number of hydrogen-bond donors (Lipinski definition) is 0. The molecule has 1 rings (SSSR count). The lowest BCUT2D eigenvalue weighted by Gasteiger charge is -1.96. The van der Waals surface area contributed by atoms with E-state index in [-0.39, 0.29) is 11.8 Å². The number of ketones is 1. The molecule has 0 unspecified atom stereocenters. The number of allylic oxidation sites excluding steroid dienone is 4. The number of rotatable bonds is 6. The summed E-state index contributed by atoms with van der Waals surface area (Å²) in [6, 6.07) is 0. The number of carbonyl (C=O) groups is 2. The summed E-state index contributed by atoms with van der Waals surface area (Å²) >= 11 is 0. The molecule has 0 saturated heterocycles. The van der Waals surface area contributed by atoms with E-state index in [0.717, 1.165) is 24.8 Å². The zero-order valence-electron chi connectivity index (χ0n) is 10.6. The number of carbonyl (C=O) groups excluding carboxylic acids is 2. The van der Waals surface area contributed by atoms with E-state index in [9.17, 15) is 9.59 Å². The fourth-order valence-corrected chi connectivity index (χ4v) is 1.90. The summed E-state index contributed by atoms with van der Waals surface area (Å²) < 4.78 is 4.55. The first-order valence-corrected chi connectivity index (χ1v) is 6.09. The third kappa shape index (κ3) is 4.98. The minimum Gasteiger partial charge on any atom is -0.469 e. The first-order chi connectivity index (χ1) is 8.13. The van der Waals surface area contributed by atoms with Crippen LogP contribution in [0.2, 0.25) is 0 Å². The minimum absolute atomic E-state index is 0.166. The number of methoxy groups -OCH3 is 1. The largest absolute Gasteiger partial charge is 0.469 e. The lowest BCUT2D eigenvalue weighted by molar-refractivity contribution is -0.140. The van der Waals surface area contributed by atoms with Gasteiger partial charge in [-0.2, -0.15) is 0 Å². The first-order valence-electron chi connectivity index (χ1n) is 6.09. The summed E-state index contributed by atoms with van der Waals surface area (Å²) in [7, 11) is 1.40. The average molecular weight is 236 g/mol. The van der Waals surface area contributed by atoms with Crippen molar-refractivity contribution in [3.05, 3.63) is 23.8 Å². The van der Waals surface area contributed by atoms with Crippen molar-refractivity contribution < 1.29 is 14.3 Å². The number of unbranched alkanes of at least 4 members (excludes halogenated alkanes) is 1. The van der Waals surface area contributed by atoms with Gasteiger partial charge in [-0.25, -0.2) is 0 Å². The molecule has 0 fully saturated rings. The van der Waals surface area contributed by atoms with E-state index < -0.39 is 0 Å². The second kappa shape index (κ2) is 7.05. The number of esters is 1. The summed E-state index contributed by atoms with van der Waals surface area (Å²) in [5, 5.41) is 0. The molecule has 0 N–H and O–H groups in total. The Morgan fingerprint density at radius 1 is 1.53 bits per heavy atom. The lowest BCUT2D eigenvalue weighted by atomic mass is 10.1. The molecule has 0 aromatic rings. The van der Waals surface area contributed by atoms with Gasteiger partial charge in [0.1, 0.15) is 0 Å². The molecule has 3 heteroatoms. The highest BCUT2D eigenvalue weighted by Gasteiger charge is 2.18. The molecule has 94 valence electrons. The Morgan fingerprint density at radius 3 is 2.88 bits per heavy atom. The summed E-state index contributed by atoms with van der Waals surface area (Å²) in [6.07, 6.45) is 9.59. The Labute approximate surface area is 103 Å². The second-order valence-corrected chi connectivity index (χ2v) is 4.44. The minimum atomic E-state index is -0.166. The van der Waals surface area contributed by atoms with Crippen LogP contribution >= 0.6 is 0 Å². The van der Waals surface area contributed by atoms with Crippen LogP contribution in [0.5, 0.6) is 0 Å². The van der Waals surface area contributed by atoms with Crippen molar-refractivity contribution in [2.24, 2.45) is 5.92 Å². The molecule has 0 aromatic carbocycles. The first kappa shape index (κ1) is 13.7. The van der Waals surface area contributed by atoms with Gasteiger partial charge >= 0.3 is 5.97 Å². The van der Waals surface area contributed by atoms with Gasteiger partial charge in [-0.3, -0.25) is 9.59 Å². The van der Waals surface area contributed by atoms with Crippen molar-refractivity contribution in [3.63, 3.8) is 0 Å². The summed E-state index contributed by atoms with van der Waals surface area (Å²) in [5.74, 6) is 0.503. The summed E-state index contributed by atoms with van der Waals surface area (Å²) in [4.78, 5) is 22.3. The van der Waals surface area contributed by atoms with Gasteiger partial charge in [-0.15, -0.1) is 0 Å². The molecule has 1 aliphatic carbocycles. The molecule has 0 spiro atoms. The summed E-state index contributed by atoms with van der Waals surface area (Å²) in [5.41, 5.74) is 0.932. The maximum Gasteiger partial charge on any atom is 0.305 e. The molecule has 3 nitrogen and oxygen atoms in total. The fourth-order valence-electron chi connectivity index (χ4n) is 1.90. The standard InChI is InChI=1S/C14H20O3/c1-11-9-12(13(15)10-11)7-5-3-4-6-8-14(16)17-2/h3,5,9,11H,4,6-8,10H2,1-2H3/b5-3-/t11-/m0/s1. The van der Waals surface area contributed by atoms with Crippen molar-refractivity contribution in [1.82, 2.24) is 0 Å². The topological polar surface area (TPSA) is 43.4 Å². The van der Waals surface area contributed by atoms with E-state index in [1.807, 2.05) is 12.2 Å². The van der Waals surface area contributed by atoms with Crippen LogP contribution in [0.3, 0.4) is 0 Å². The molecule has 0 aromatic heterocycles. The molecule has 0 radical (unpaired) electrons. The zero-order valence-corrected chi connectivity index (χ0v) is 10.6. The molecule has 0 bridgehead atoms. The Hall–Kier alpha value is -1.38. The van der Waals surface area contributed by atoms with E-state index in [1.54, 1.807) is 0 Å². The molecule has 1 atom stereocenters. The van der Waals surface area contributed by atoms with Crippen molar-refractivity contribution in [3.8, 4) is 0 Å². The SMILES string of the molecule is COC(=O)CCC/C=C\CC1=C[C@H](C)CC1=O. The highest BCUT2D eigenvalue weighted by molar-refractivity contribution is 5.98. The van der Waals surface area contributed by atoms with Crippen LogP contribution in [0.4, 0.5) is 0 Å². The lowest BCUT2D eigenvalue weighted by Crippen LogP contribution is -1.98. The van der Waals surface area contributed by atoms with Crippen molar-refractivity contribution in [2.75, 3.05) is 7.11 Å². The zero-order chi connectivity index (χ0) is 12.7. The van der Waals surface area contributed by atoms with Crippen LogP contribution < -0.4 is 0 Å². The van der Waals surface area contributed by atoms with E-state index in [2.05, 4.69) is 17.7 Å². The third-order valence-corrected chi connectivity index (χ3v) is 2.84. The van der Waals surface area contributed by atoms with Crippen LogP contribution in [-0.4, -0.2) is 18.9 Å². The quantitative estimate of drug-likeness (QED) is 0.404. The van der Waals surface area contributed by atoms with E-state index in [0.29, 0.717) is 18.8 Å². The van der Waals surface area contributed by atoms with E-state index in [4.69, 9.17) is 0 Å². The average Bonchev–Trinajstić information content (AvgIpc) is 2.62. The molecule has 0 saturated carbocycles. The molecule has 17 heavy (non-hydrogen) atoms. The number of Topliss-reactive ketones (excluding diaryl/α,β-unsaturated/α-hetero) is 1. The van der Waals surface area contributed by atoms with Gasteiger partial charge in [0.05, 0.1) is 7.11 Å². The monoisotopic (exact) mass is 236 g/mol. The van der Waals surface area contributed by atoms with E-state index in [1.165, 1.54) is 7.11 Å². The van der Waals surface area contributed by atoms with Crippen LogP contribution in [0.15, 0.2) is 23.8 Å². The fraction of sp³-hybridized carbons (Fsp3) is 0.571. The maximum atomic E-state index is 11.5. The van der Waals surface area contributed by atoms with Crippen LogP contribution in [0.25, 0.3) is 0 Å². The van der Waals surface area contributed by atoms with E-state index >= 15 is 0 Å². The maximum absolute atomic E-state index is 11.5. The second-order valence-electron chi connectivity index (χ2n) is 4.44. The Balaban J connectivity index is 2.16. The number of hydrogen-bond acceptors (Lipinski definition) is 3. The van der Waals surface area contributed by atoms with Gasteiger partial charge in [-0.05, 0) is 30.8 Å². The molecule has 0 aliphatic heterocycles. The van der Waals surface area contributed by atoms with Crippen molar-refractivity contribution in [1.29, 1.82) is 0 Å². The van der Waals surface area contributed by atoms with Gasteiger partial charge in [0, 0.05) is 12.8 Å². The Morgan fingerprint density at radius 2 is 2.29 bits per heavy atom. The predicted molar refractivity (Wildman–Crippen MR) is 66.5 cm³/mol. The third-order valence-electron chi connectivity index (χ3n) is 2.84. The predicted octanol–water partition coefficient (Wildman–Crippen LogP) is 2.81. The van der Waals surface area contributed by atoms with Crippen LogP contribution in [0.1, 0.15) is 39.0 Å². The van der Waals surface area contributed by atoms with Crippen molar-refractivity contribution >= 4 is 11.8 Å². The van der Waals surface area contributed by atoms with Crippen LogP contribution in [0, 0.1) is 5.92 Å². The Kier molecular flexibility index (Phi) is 5.67. The molecule has 1 aliphatic rings. The smallest absolute Gasteiger partial charge is 0.305 e. The van der Waals surface area contributed by atoms with Gasteiger partial charge in [0.25, 0.3) is 0 Å². The molecular weight excluding hydrogens is 216 g/mol. The highest BCUT2D eigenvalue weighted by Crippen LogP contribution is 2.22. The van der Waals surface area contributed by atoms with Crippen molar-refractivity contribution in [2.45, 2.75) is 39.0 Å². The van der Waals surface area contributed by atoms with Gasteiger partial charge < -0.3 is 4.74 Å². The number of ether oxygens (including phenoxy) is 1. The Bertz CT molecular complexity index is 339. The highest BCUT2D eigenvalue weighted by atomic mass is 16.5.